The van der Waals surface area contributed by atoms with Crippen LogP contribution < -0.4 is 15.4 Å². The summed E-state index contributed by atoms with van der Waals surface area (Å²) in [5, 5.41) is 5.83. The summed E-state index contributed by atoms with van der Waals surface area (Å²) in [4.78, 5) is 11.8. The molecule has 0 fully saturated rings. The van der Waals surface area contributed by atoms with Crippen LogP contribution in [-0.4, -0.2) is 12.6 Å². The fourth-order valence-corrected chi connectivity index (χ4v) is 2.29. The molecule has 0 aromatic heterocycles. The standard InChI is InChI=1S/C16H15FN2O2/c17-12-4-6-13(7-5-12)19-16(20)21-14-8-3-11-2-1-9-18-15(11)10-14/h3-8,10,18H,1-2,9H2,(H,19,20). The highest BCUT2D eigenvalue weighted by Gasteiger charge is 2.11. The summed E-state index contributed by atoms with van der Waals surface area (Å²) in [6, 6.07) is 11.1. The van der Waals surface area contributed by atoms with E-state index in [0.29, 0.717) is 11.4 Å². The van der Waals surface area contributed by atoms with Crippen LogP contribution in [0.25, 0.3) is 0 Å². The number of anilines is 2. The number of hydrogen-bond donors (Lipinski definition) is 2. The summed E-state index contributed by atoms with van der Waals surface area (Å²) in [5.41, 5.74) is 2.72. The quantitative estimate of drug-likeness (QED) is 0.883. The topological polar surface area (TPSA) is 50.4 Å². The van der Waals surface area contributed by atoms with Gasteiger partial charge in [-0.05, 0) is 48.7 Å². The van der Waals surface area contributed by atoms with Crippen LogP contribution in [0.2, 0.25) is 0 Å². The van der Waals surface area contributed by atoms with Crippen molar-refractivity contribution < 1.29 is 13.9 Å². The average molecular weight is 286 g/mol. The third-order valence-electron chi connectivity index (χ3n) is 3.32. The predicted octanol–water partition coefficient (Wildman–Crippen LogP) is 3.79. The zero-order valence-electron chi connectivity index (χ0n) is 11.4. The molecule has 0 saturated carbocycles. The highest BCUT2D eigenvalue weighted by atomic mass is 19.1. The fourth-order valence-electron chi connectivity index (χ4n) is 2.29. The van der Waals surface area contributed by atoms with Crippen LogP contribution in [0.5, 0.6) is 5.75 Å². The first-order valence-corrected chi connectivity index (χ1v) is 6.82. The third kappa shape index (κ3) is 3.31. The van der Waals surface area contributed by atoms with E-state index in [4.69, 9.17) is 4.74 Å². The van der Waals surface area contributed by atoms with Gasteiger partial charge in [-0.15, -0.1) is 0 Å². The number of fused-ring (bicyclic) bond motifs is 1. The Balaban J connectivity index is 1.65. The lowest BCUT2D eigenvalue weighted by Crippen LogP contribution is -2.17. The number of benzene rings is 2. The van der Waals surface area contributed by atoms with Crippen molar-refractivity contribution in [2.75, 3.05) is 17.2 Å². The molecule has 2 aromatic rings. The second kappa shape index (κ2) is 5.83. The molecule has 0 unspecified atom stereocenters. The van der Waals surface area contributed by atoms with Gasteiger partial charge in [0.25, 0.3) is 0 Å². The van der Waals surface area contributed by atoms with E-state index >= 15 is 0 Å². The number of ether oxygens (including phenoxy) is 1. The van der Waals surface area contributed by atoms with Gasteiger partial charge in [-0.3, -0.25) is 5.32 Å². The SMILES string of the molecule is O=C(Nc1ccc(F)cc1)Oc1ccc2c(c1)NCCC2. The molecule has 0 spiro atoms. The number of carbonyl (C=O) groups is 1. The number of amides is 1. The van der Waals surface area contributed by atoms with Gasteiger partial charge >= 0.3 is 6.09 Å². The van der Waals surface area contributed by atoms with E-state index in [1.807, 2.05) is 12.1 Å². The summed E-state index contributed by atoms with van der Waals surface area (Å²) < 4.78 is 18.0. The van der Waals surface area contributed by atoms with Crippen LogP contribution in [0.4, 0.5) is 20.6 Å². The average Bonchev–Trinajstić information content (AvgIpc) is 2.49. The van der Waals surface area contributed by atoms with Gasteiger partial charge in [-0.25, -0.2) is 9.18 Å². The first-order chi connectivity index (χ1) is 10.2. The Morgan fingerprint density at radius 2 is 2.00 bits per heavy atom. The smallest absolute Gasteiger partial charge is 0.410 e. The first kappa shape index (κ1) is 13.4. The molecule has 5 heteroatoms. The van der Waals surface area contributed by atoms with Crippen LogP contribution in [0.3, 0.4) is 0 Å². The summed E-state index contributed by atoms with van der Waals surface area (Å²) >= 11 is 0. The second-order valence-corrected chi connectivity index (χ2v) is 4.87. The molecule has 2 N–H and O–H groups in total. The largest absolute Gasteiger partial charge is 0.417 e. The minimum absolute atomic E-state index is 0.352. The van der Waals surface area contributed by atoms with Crippen molar-refractivity contribution in [3.8, 4) is 5.75 Å². The van der Waals surface area contributed by atoms with Crippen molar-refractivity contribution in [1.82, 2.24) is 0 Å². The van der Waals surface area contributed by atoms with Gasteiger partial charge in [-0.1, -0.05) is 6.07 Å². The Hall–Kier alpha value is -2.56. The summed E-state index contributed by atoms with van der Waals surface area (Å²) in [7, 11) is 0. The van der Waals surface area contributed by atoms with Crippen molar-refractivity contribution in [1.29, 1.82) is 0 Å². The molecule has 1 amide bonds. The molecule has 108 valence electrons. The molecule has 1 aliphatic rings. The van der Waals surface area contributed by atoms with E-state index in [1.54, 1.807) is 6.07 Å². The van der Waals surface area contributed by atoms with Crippen LogP contribution in [-0.2, 0) is 6.42 Å². The number of carbonyl (C=O) groups excluding carboxylic acids is 1. The molecule has 0 aliphatic carbocycles. The molecule has 0 bridgehead atoms. The maximum atomic E-state index is 12.8. The molecule has 3 rings (SSSR count). The lowest BCUT2D eigenvalue weighted by molar-refractivity contribution is 0.215. The Bertz CT molecular complexity index is 656. The Kier molecular flexibility index (Phi) is 3.73. The van der Waals surface area contributed by atoms with E-state index in [2.05, 4.69) is 10.6 Å². The van der Waals surface area contributed by atoms with Gasteiger partial charge in [0.1, 0.15) is 11.6 Å². The molecular weight excluding hydrogens is 271 g/mol. The van der Waals surface area contributed by atoms with Crippen LogP contribution in [0.15, 0.2) is 42.5 Å². The molecule has 1 aliphatic heterocycles. The van der Waals surface area contributed by atoms with E-state index in [1.165, 1.54) is 29.8 Å². The maximum absolute atomic E-state index is 12.8. The number of aryl methyl sites for hydroxylation is 1. The lowest BCUT2D eigenvalue weighted by atomic mass is 10.0. The minimum Gasteiger partial charge on any atom is -0.410 e. The summed E-state index contributed by atoms with van der Waals surface area (Å²) in [6.45, 7) is 0.929. The number of halogens is 1. The minimum atomic E-state index is -0.600. The molecule has 0 atom stereocenters. The van der Waals surface area contributed by atoms with E-state index < -0.39 is 6.09 Å². The van der Waals surface area contributed by atoms with Crippen molar-refractivity contribution >= 4 is 17.5 Å². The van der Waals surface area contributed by atoms with E-state index in [-0.39, 0.29) is 5.82 Å². The van der Waals surface area contributed by atoms with Crippen molar-refractivity contribution in [2.24, 2.45) is 0 Å². The Labute approximate surface area is 121 Å². The number of nitrogens with one attached hydrogen (secondary N) is 2. The molecule has 4 nitrogen and oxygen atoms in total. The van der Waals surface area contributed by atoms with Crippen LogP contribution >= 0.6 is 0 Å². The molecule has 2 aromatic carbocycles. The molecule has 1 heterocycles. The molecule has 21 heavy (non-hydrogen) atoms. The third-order valence-corrected chi connectivity index (χ3v) is 3.32. The van der Waals surface area contributed by atoms with E-state index in [9.17, 15) is 9.18 Å². The van der Waals surface area contributed by atoms with Gasteiger partial charge < -0.3 is 10.1 Å². The van der Waals surface area contributed by atoms with Crippen molar-refractivity contribution in [2.45, 2.75) is 12.8 Å². The van der Waals surface area contributed by atoms with E-state index in [0.717, 1.165) is 25.1 Å². The second-order valence-electron chi connectivity index (χ2n) is 4.87. The predicted molar refractivity (Wildman–Crippen MR) is 79.3 cm³/mol. The zero-order valence-corrected chi connectivity index (χ0v) is 11.4. The lowest BCUT2D eigenvalue weighted by Gasteiger charge is -2.18. The normalized spacial score (nSPS) is 13.0. The van der Waals surface area contributed by atoms with Crippen molar-refractivity contribution in [3.63, 3.8) is 0 Å². The molecular formula is C16H15FN2O2. The van der Waals surface area contributed by atoms with Crippen LogP contribution in [0, 0.1) is 5.82 Å². The number of rotatable bonds is 2. The summed E-state index contributed by atoms with van der Waals surface area (Å²) in [5.74, 6) is 0.123. The zero-order chi connectivity index (χ0) is 14.7. The van der Waals surface area contributed by atoms with Crippen molar-refractivity contribution in [3.05, 3.63) is 53.8 Å². The van der Waals surface area contributed by atoms with Gasteiger partial charge in [-0.2, -0.15) is 0 Å². The monoisotopic (exact) mass is 286 g/mol. The van der Waals surface area contributed by atoms with Gasteiger partial charge in [0.15, 0.2) is 0 Å². The number of hydrogen-bond acceptors (Lipinski definition) is 3. The van der Waals surface area contributed by atoms with Gasteiger partial charge in [0.05, 0.1) is 0 Å². The summed E-state index contributed by atoms with van der Waals surface area (Å²) in [6.07, 6.45) is 1.54. The van der Waals surface area contributed by atoms with Crippen LogP contribution in [0.1, 0.15) is 12.0 Å². The maximum Gasteiger partial charge on any atom is 0.417 e. The molecule has 0 radical (unpaired) electrons. The highest BCUT2D eigenvalue weighted by Crippen LogP contribution is 2.26. The highest BCUT2D eigenvalue weighted by molar-refractivity contribution is 5.86. The fraction of sp³-hybridized carbons (Fsp3) is 0.188. The molecule has 0 saturated heterocycles. The Morgan fingerprint density at radius 3 is 2.81 bits per heavy atom. The van der Waals surface area contributed by atoms with Gasteiger partial charge in [0, 0.05) is 24.0 Å². The first-order valence-electron chi connectivity index (χ1n) is 6.82. The Morgan fingerprint density at radius 1 is 1.19 bits per heavy atom. The van der Waals surface area contributed by atoms with Gasteiger partial charge in [0.2, 0.25) is 0 Å².